The highest BCUT2D eigenvalue weighted by Gasteiger charge is 2.57. The SMILES string of the molecule is CC(C)(CCCc1ccccc1)CNC(=O)C1CC12CCNCC2.Cl. The third-order valence-corrected chi connectivity index (χ3v) is 6.01. The second-order valence-electron chi connectivity index (χ2n) is 8.59. The van der Waals surface area contributed by atoms with Crippen molar-refractivity contribution in [1.29, 1.82) is 0 Å². The summed E-state index contributed by atoms with van der Waals surface area (Å²) in [5.41, 5.74) is 1.91. The van der Waals surface area contributed by atoms with Crippen LogP contribution in [0.3, 0.4) is 0 Å². The molecule has 1 aromatic rings. The smallest absolute Gasteiger partial charge is 0.223 e. The van der Waals surface area contributed by atoms with Crippen LogP contribution in [0, 0.1) is 16.7 Å². The molecular formula is C21H33ClN2O. The molecule has 1 aliphatic carbocycles. The summed E-state index contributed by atoms with van der Waals surface area (Å²) in [5.74, 6) is 0.577. The fourth-order valence-corrected chi connectivity index (χ4v) is 4.15. The topological polar surface area (TPSA) is 41.1 Å². The molecular weight excluding hydrogens is 332 g/mol. The molecule has 2 fully saturated rings. The lowest BCUT2D eigenvalue weighted by atomic mass is 9.86. The minimum absolute atomic E-state index is 0. The predicted molar refractivity (Wildman–Crippen MR) is 106 cm³/mol. The first-order valence-corrected chi connectivity index (χ1v) is 9.53. The van der Waals surface area contributed by atoms with E-state index < -0.39 is 0 Å². The highest BCUT2D eigenvalue weighted by molar-refractivity contribution is 5.85. The lowest BCUT2D eigenvalue weighted by Gasteiger charge is -2.26. The van der Waals surface area contributed by atoms with Gasteiger partial charge in [0.05, 0.1) is 0 Å². The first-order chi connectivity index (χ1) is 11.5. The van der Waals surface area contributed by atoms with E-state index in [4.69, 9.17) is 0 Å². The number of carbonyl (C=O) groups is 1. The van der Waals surface area contributed by atoms with E-state index in [1.54, 1.807) is 0 Å². The molecule has 1 saturated carbocycles. The van der Waals surface area contributed by atoms with Gasteiger partial charge in [-0.3, -0.25) is 4.79 Å². The Labute approximate surface area is 158 Å². The molecule has 0 bridgehead atoms. The maximum absolute atomic E-state index is 12.5. The van der Waals surface area contributed by atoms with Crippen molar-refractivity contribution < 1.29 is 4.79 Å². The lowest BCUT2D eigenvalue weighted by Crippen LogP contribution is -2.37. The van der Waals surface area contributed by atoms with E-state index in [9.17, 15) is 4.79 Å². The molecule has 0 radical (unpaired) electrons. The Morgan fingerprint density at radius 3 is 2.60 bits per heavy atom. The number of rotatable bonds is 7. The Kier molecular flexibility index (Phi) is 6.93. The second kappa shape index (κ2) is 8.55. The Morgan fingerprint density at radius 2 is 1.92 bits per heavy atom. The van der Waals surface area contributed by atoms with Gasteiger partial charge in [0.25, 0.3) is 0 Å². The molecule has 25 heavy (non-hydrogen) atoms. The van der Waals surface area contributed by atoms with Gasteiger partial charge in [-0.15, -0.1) is 12.4 Å². The standard InChI is InChI=1S/C21H32N2O.ClH/c1-20(2,10-6-9-17-7-4-3-5-8-17)16-23-19(24)18-15-21(18)11-13-22-14-12-21;/h3-5,7-8,18,22H,6,9-16H2,1-2H3,(H,23,24);1H. The summed E-state index contributed by atoms with van der Waals surface area (Å²) in [7, 11) is 0. The average molecular weight is 365 g/mol. The summed E-state index contributed by atoms with van der Waals surface area (Å²) in [6.07, 6.45) is 6.89. The van der Waals surface area contributed by atoms with Crippen LogP contribution in [0.15, 0.2) is 30.3 Å². The van der Waals surface area contributed by atoms with Crippen LogP contribution < -0.4 is 10.6 Å². The predicted octanol–water partition coefficient (Wildman–Crippen LogP) is 3.96. The lowest BCUT2D eigenvalue weighted by molar-refractivity contribution is -0.123. The van der Waals surface area contributed by atoms with Gasteiger partial charge in [-0.2, -0.15) is 0 Å². The fraction of sp³-hybridized carbons (Fsp3) is 0.667. The zero-order chi connectivity index (χ0) is 17.0. The molecule has 3 rings (SSSR count). The van der Waals surface area contributed by atoms with Crippen LogP contribution in [0.4, 0.5) is 0 Å². The molecule has 1 aliphatic heterocycles. The van der Waals surface area contributed by atoms with Crippen LogP contribution in [0.5, 0.6) is 0 Å². The third kappa shape index (κ3) is 5.46. The number of halogens is 1. The van der Waals surface area contributed by atoms with Crippen LogP contribution in [0.2, 0.25) is 0 Å². The van der Waals surface area contributed by atoms with Crippen molar-refractivity contribution in [2.45, 2.75) is 52.4 Å². The van der Waals surface area contributed by atoms with Gasteiger partial charge in [0.2, 0.25) is 5.91 Å². The maximum Gasteiger partial charge on any atom is 0.223 e. The summed E-state index contributed by atoms with van der Waals surface area (Å²) >= 11 is 0. The number of hydrogen-bond acceptors (Lipinski definition) is 2. The molecule has 1 spiro atoms. The van der Waals surface area contributed by atoms with Gasteiger partial charge in [0, 0.05) is 12.5 Å². The van der Waals surface area contributed by atoms with E-state index >= 15 is 0 Å². The van der Waals surface area contributed by atoms with Crippen molar-refractivity contribution in [3.8, 4) is 0 Å². The van der Waals surface area contributed by atoms with Crippen molar-refractivity contribution >= 4 is 18.3 Å². The molecule has 2 aliphatic rings. The van der Waals surface area contributed by atoms with Gasteiger partial charge in [-0.25, -0.2) is 0 Å². The zero-order valence-electron chi connectivity index (χ0n) is 15.6. The van der Waals surface area contributed by atoms with Crippen molar-refractivity contribution in [2.75, 3.05) is 19.6 Å². The number of piperidine rings is 1. The van der Waals surface area contributed by atoms with Gasteiger partial charge in [-0.05, 0) is 68.0 Å². The molecule has 3 nitrogen and oxygen atoms in total. The minimum Gasteiger partial charge on any atom is -0.355 e. The summed E-state index contributed by atoms with van der Waals surface area (Å²) in [4.78, 5) is 12.5. The Hall–Kier alpha value is -1.06. The van der Waals surface area contributed by atoms with E-state index in [1.165, 1.54) is 24.8 Å². The normalized spacial score (nSPS) is 21.4. The van der Waals surface area contributed by atoms with Crippen LogP contribution in [0.25, 0.3) is 0 Å². The van der Waals surface area contributed by atoms with Crippen LogP contribution in [-0.2, 0) is 11.2 Å². The number of hydrogen-bond donors (Lipinski definition) is 2. The van der Waals surface area contributed by atoms with E-state index in [2.05, 4.69) is 54.8 Å². The number of amides is 1. The Bertz CT molecular complexity index is 552. The Morgan fingerprint density at radius 1 is 1.24 bits per heavy atom. The van der Waals surface area contributed by atoms with E-state index in [1.807, 2.05) is 0 Å². The van der Waals surface area contributed by atoms with Gasteiger partial charge in [-0.1, -0.05) is 44.2 Å². The Balaban J connectivity index is 0.00000225. The van der Waals surface area contributed by atoms with Gasteiger partial charge in [0.15, 0.2) is 0 Å². The van der Waals surface area contributed by atoms with Gasteiger partial charge in [0.1, 0.15) is 0 Å². The highest BCUT2D eigenvalue weighted by Crippen LogP contribution is 2.58. The molecule has 1 amide bonds. The molecule has 1 aromatic carbocycles. The highest BCUT2D eigenvalue weighted by atomic mass is 35.5. The van der Waals surface area contributed by atoms with E-state index in [-0.39, 0.29) is 23.7 Å². The maximum atomic E-state index is 12.5. The largest absolute Gasteiger partial charge is 0.355 e. The monoisotopic (exact) mass is 364 g/mol. The summed E-state index contributed by atoms with van der Waals surface area (Å²) in [6.45, 7) is 7.49. The quantitative estimate of drug-likeness (QED) is 0.768. The first-order valence-electron chi connectivity index (χ1n) is 9.53. The average Bonchev–Trinajstić information content (AvgIpc) is 3.27. The van der Waals surface area contributed by atoms with E-state index in [0.717, 1.165) is 38.9 Å². The van der Waals surface area contributed by atoms with Crippen molar-refractivity contribution in [3.63, 3.8) is 0 Å². The first kappa shape index (κ1) is 20.3. The third-order valence-electron chi connectivity index (χ3n) is 6.01. The van der Waals surface area contributed by atoms with Crippen LogP contribution in [0.1, 0.15) is 51.5 Å². The molecule has 4 heteroatoms. The van der Waals surface area contributed by atoms with E-state index in [0.29, 0.717) is 11.3 Å². The van der Waals surface area contributed by atoms with Gasteiger partial charge >= 0.3 is 0 Å². The number of carbonyl (C=O) groups excluding carboxylic acids is 1. The van der Waals surface area contributed by atoms with Crippen LogP contribution in [-0.4, -0.2) is 25.5 Å². The molecule has 0 aromatic heterocycles. The molecule has 1 atom stereocenters. The molecule has 1 heterocycles. The van der Waals surface area contributed by atoms with Crippen molar-refractivity contribution in [3.05, 3.63) is 35.9 Å². The summed E-state index contributed by atoms with van der Waals surface area (Å²) in [5, 5.41) is 6.65. The summed E-state index contributed by atoms with van der Waals surface area (Å²) in [6, 6.07) is 10.7. The van der Waals surface area contributed by atoms with Gasteiger partial charge < -0.3 is 10.6 Å². The molecule has 140 valence electrons. The number of aryl methyl sites for hydroxylation is 1. The van der Waals surface area contributed by atoms with Crippen molar-refractivity contribution in [2.24, 2.45) is 16.7 Å². The minimum atomic E-state index is 0. The molecule has 1 unspecified atom stereocenters. The second-order valence-corrected chi connectivity index (χ2v) is 8.59. The summed E-state index contributed by atoms with van der Waals surface area (Å²) < 4.78 is 0. The molecule has 2 N–H and O–H groups in total. The molecule has 1 saturated heterocycles. The van der Waals surface area contributed by atoms with Crippen LogP contribution >= 0.6 is 12.4 Å². The zero-order valence-corrected chi connectivity index (χ0v) is 16.5. The number of benzene rings is 1. The van der Waals surface area contributed by atoms with Crippen molar-refractivity contribution in [1.82, 2.24) is 10.6 Å². The fourth-order valence-electron chi connectivity index (χ4n) is 4.15. The number of nitrogens with one attached hydrogen (secondary N) is 2.